The normalized spacial score (nSPS) is 25.1. The van der Waals surface area contributed by atoms with Gasteiger partial charge in [-0.2, -0.15) is 0 Å². The number of hydrogen-bond donors (Lipinski definition) is 1. The Hall–Kier alpha value is -1.59. The lowest BCUT2D eigenvalue weighted by molar-refractivity contribution is -0.147. The Kier molecular flexibility index (Phi) is 5.80. The van der Waals surface area contributed by atoms with E-state index in [1.807, 2.05) is 0 Å². The first-order valence-corrected chi connectivity index (χ1v) is 8.27. The zero-order chi connectivity index (χ0) is 16.1. The van der Waals surface area contributed by atoms with Gasteiger partial charge in [-0.15, -0.1) is 0 Å². The highest BCUT2D eigenvalue weighted by molar-refractivity contribution is 5.88. The maximum Gasteiger partial charge on any atom is 0.318 e. The number of esters is 1. The topological polar surface area (TPSA) is 75.7 Å². The molecule has 2 amide bonds. The molecule has 1 aliphatic carbocycles. The fraction of sp³-hybridized carbons (Fsp3) is 0.812. The molecular formula is C16H26N2O4. The molecule has 124 valence electrons. The third-order valence-corrected chi connectivity index (χ3v) is 4.47. The largest absolute Gasteiger partial charge is 0.462 e. The highest BCUT2D eigenvalue weighted by Gasteiger charge is 2.45. The predicted molar refractivity (Wildman–Crippen MR) is 81.4 cm³/mol. The molecule has 0 aromatic rings. The second-order valence-electron chi connectivity index (χ2n) is 6.28. The maximum atomic E-state index is 12.0. The molecule has 2 aliphatic rings. The lowest BCUT2D eigenvalue weighted by Gasteiger charge is -2.24. The van der Waals surface area contributed by atoms with Crippen molar-refractivity contribution in [3.8, 4) is 0 Å². The fourth-order valence-corrected chi connectivity index (χ4v) is 3.38. The van der Waals surface area contributed by atoms with Gasteiger partial charge in [0.1, 0.15) is 11.9 Å². The van der Waals surface area contributed by atoms with Crippen LogP contribution in [0.25, 0.3) is 0 Å². The van der Waals surface area contributed by atoms with Gasteiger partial charge in [0.2, 0.25) is 0 Å². The summed E-state index contributed by atoms with van der Waals surface area (Å²) in [6, 6.07) is -0.154. The zero-order valence-electron chi connectivity index (χ0n) is 13.5. The number of nitrogens with one attached hydrogen (secondary N) is 1. The van der Waals surface area contributed by atoms with E-state index in [4.69, 9.17) is 4.74 Å². The van der Waals surface area contributed by atoms with E-state index in [9.17, 15) is 14.4 Å². The minimum atomic E-state index is -0.277. The van der Waals surface area contributed by atoms with Crippen molar-refractivity contribution in [1.29, 1.82) is 0 Å². The van der Waals surface area contributed by atoms with E-state index in [0.29, 0.717) is 25.8 Å². The Bertz CT molecular complexity index is 438. The van der Waals surface area contributed by atoms with Gasteiger partial charge in [-0.25, -0.2) is 4.79 Å². The number of amides is 2. The third kappa shape index (κ3) is 4.21. The Morgan fingerprint density at radius 1 is 1.32 bits per heavy atom. The minimum absolute atomic E-state index is 0.0198. The zero-order valence-corrected chi connectivity index (χ0v) is 13.5. The Balaban J connectivity index is 1.86. The SMILES string of the molecule is CCCCCC(CCN1C(=O)N[C@@H]2CC(=O)C[C@@H]21)OC(C)=O. The number of urea groups is 1. The molecule has 0 spiro atoms. The van der Waals surface area contributed by atoms with Crippen LogP contribution in [0, 0.1) is 0 Å². The van der Waals surface area contributed by atoms with Crippen LogP contribution >= 0.6 is 0 Å². The third-order valence-electron chi connectivity index (χ3n) is 4.47. The van der Waals surface area contributed by atoms with E-state index in [1.54, 1.807) is 4.90 Å². The quantitative estimate of drug-likeness (QED) is 0.549. The minimum Gasteiger partial charge on any atom is -0.462 e. The summed E-state index contributed by atoms with van der Waals surface area (Å²) in [7, 11) is 0. The average Bonchev–Trinajstić information content (AvgIpc) is 2.91. The fourth-order valence-electron chi connectivity index (χ4n) is 3.38. The molecule has 6 nitrogen and oxygen atoms in total. The highest BCUT2D eigenvalue weighted by atomic mass is 16.5. The number of rotatable bonds is 8. The molecule has 1 heterocycles. The first-order valence-electron chi connectivity index (χ1n) is 8.27. The van der Waals surface area contributed by atoms with Crippen LogP contribution in [0.4, 0.5) is 4.79 Å². The number of unbranched alkanes of at least 4 members (excludes halogenated alkanes) is 2. The van der Waals surface area contributed by atoms with Crippen LogP contribution in [-0.2, 0) is 14.3 Å². The number of carbonyl (C=O) groups is 3. The summed E-state index contributed by atoms with van der Waals surface area (Å²) in [5, 5.41) is 2.87. The standard InChI is InChI=1S/C16H26N2O4/c1-3-4-5-6-13(22-11(2)19)7-8-18-15-10-12(20)9-14(15)17-16(18)21/h13-15H,3-10H2,1-2H3,(H,17,21)/t13?,14-,15+/m1/s1. The molecule has 0 bridgehead atoms. The predicted octanol–water partition coefficient (Wildman–Crippen LogP) is 2.01. The molecule has 0 aromatic carbocycles. The molecule has 2 rings (SSSR count). The van der Waals surface area contributed by atoms with Gasteiger partial charge in [0, 0.05) is 32.7 Å². The molecule has 6 heteroatoms. The number of Topliss-reactive ketones (excluding diaryl/α,β-unsaturated/α-hetero) is 1. The van der Waals surface area contributed by atoms with Gasteiger partial charge in [0.05, 0.1) is 12.1 Å². The summed E-state index contributed by atoms with van der Waals surface area (Å²) < 4.78 is 5.36. The summed E-state index contributed by atoms with van der Waals surface area (Å²) >= 11 is 0. The van der Waals surface area contributed by atoms with Crippen molar-refractivity contribution in [3.63, 3.8) is 0 Å². The summed E-state index contributed by atoms with van der Waals surface area (Å²) in [5.74, 6) is -0.0687. The summed E-state index contributed by atoms with van der Waals surface area (Å²) in [6.45, 7) is 4.08. The van der Waals surface area contributed by atoms with Gasteiger partial charge in [-0.1, -0.05) is 19.8 Å². The maximum absolute atomic E-state index is 12.0. The summed E-state index contributed by atoms with van der Waals surface area (Å²) in [4.78, 5) is 36.5. The monoisotopic (exact) mass is 310 g/mol. The molecule has 1 aliphatic heterocycles. The lowest BCUT2D eigenvalue weighted by Crippen LogP contribution is -2.37. The Morgan fingerprint density at radius 2 is 2.09 bits per heavy atom. The van der Waals surface area contributed by atoms with Crippen LogP contribution in [0.3, 0.4) is 0 Å². The number of ketones is 1. The van der Waals surface area contributed by atoms with Gasteiger partial charge < -0.3 is 15.0 Å². The van der Waals surface area contributed by atoms with Crippen molar-refractivity contribution in [2.75, 3.05) is 6.54 Å². The van der Waals surface area contributed by atoms with Crippen molar-refractivity contribution in [1.82, 2.24) is 10.2 Å². The van der Waals surface area contributed by atoms with Crippen LogP contribution in [-0.4, -0.2) is 47.4 Å². The van der Waals surface area contributed by atoms with Gasteiger partial charge in [-0.3, -0.25) is 9.59 Å². The van der Waals surface area contributed by atoms with Crippen molar-refractivity contribution >= 4 is 17.8 Å². The molecule has 1 saturated carbocycles. The molecule has 1 N–H and O–H groups in total. The van der Waals surface area contributed by atoms with Gasteiger partial charge in [0.25, 0.3) is 0 Å². The van der Waals surface area contributed by atoms with Gasteiger partial charge >= 0.3 is 12.0 Å². The van der Waals surface area contributed by atoms with Gasteiger partial charge in [-0.05, 0) is 12.8 Å². The smallest absolute Gasteiger partial charge is 0.318 e. The molecule has 3 atom stereocenters. The molecular weight excluding hydrogens is 284 g/mol. The van der Waals surface area contributed by atoms with Crippen molar-refractivity contribution in [2.45, 2.75) is 77.0 Å². The molecule has 1 saturated heterocycles. The number of hydrogen-bond acceptors (Lipinski definition) is 4. The van der Waals surface area contributed by atoms with E-state index < -0.39 is 0 Å². The Labute approximate surface area is 131 Å². The summed E-state index contributed by atoms with van der Waals surface area (Å²) in [5.41, 5.74) is 0. The van der Waals surface area contributed by atoms with Crippen molar-refractivity contribution < 1.29 is 19.1 Å². The average molecular weight is 310 g/mol. The van der Waals surface area contributed by atoms with Crippen LogP contribution < -0.4 is 5.32 Å². The molecule has 1 unspecified atom stereocenters. The second-order valence-corrected chi connectivity index (χ2v) is 6.28. The highest BCUT2D eigenvalue weighted by Crippen LogP contribution is 2.27. The number of nitrogens with zero attached hydrogens (tertiary/aromatic N) is 1. The van der Waals surface area contributed by atoms with E-state index in [2.05, 4.69) is 12.2 Å². The van der Waals surface area contributed by atoms with Crippen molar-refractivity contribution in [2.24, 2.45) is 0 Å². The number of carbonyl (C=O) groups excluding carboxylic acids is 3. The molecule has 2 fully saturated rings. The number of ether oxygens (including phenoxy) is 1. The lowest BCUT2D eigenvalue weighted by atomic mass is 10.1. The van der Waals surface area contributed by atoms with Crippen LogP contribution in [0.2, 0.25) is 0 Å². The van der Waals surface area contributed by atoms with E-state index in [1.165, 1.54) is 6.92 Å². The Morgan fingerprint density at radius 3 is 2.77 bits per heavy atom. The summed E-state index contributed by atoms with van der Waals surface area (Å²) in [6.07, 6.45) is 5.45. The van der Waals surface area contributed by atoms with Crippen molar-refractivity contribution in [3.05, 3.63) is 0 Å². The molecule has 0 radical (unpaired) electrons. The van der Waals surface area contributed by atoms with Gasteiger partial charge in [0.15, 0.2) is 0 Å². The van der Waals surface area contributed by atoms with Crippen LogP contribution in [0.1, 0.15) is 58.8 Å². The first kappa shape index (κ1) is 16.8. The number of fused-ring (bicyclic) bond motifs is 1. The van der Waals surface area contributed by atoms with Crippen LogP contribution in [0.15, 0.2) is 0 Å². The second kappa shape index (κ2) is 7.61. The molecule has 22 heavy (non-hydrogen) atoms. The first-order chi connectivity index (χ1) is 10.5. The van der Waals surface area contributed by atoms with Crippen LogP contribution in [0.5, 0.6) is 0 Å². The molecule has 0 aromatic heterocycles. The van der Waals surface area contributed by atoms with E-state index in [0.717, 1.165) is 25.7 Å². The van der Waals surface area contributed by atoms with E-state index in [-0.39, 0.29) is 36.0 Å². The van der Waals surface area contributed by atoms with E-state index >= 15 is 0 Å².